The second kappa shape index (κ2) is 9.89. The molecule has 1 amide bonds. The molecule has 1 aliphatic heterocycles. The van der Waals surface area contributed by atoms with Gasteiger partial charge in [0.15, 0.2) is 11.5 Å². The molecule has 0 saturated carbocycles. The van der Waals surface area contributed by atoms with E-state index >= 15 is 0 Å². The molecule has 168 valence electrons. The Morgan fingerprint density at radius 2 is 1.81 bits per heavy atom. The monoisotopic (exact) mass is 466 g/mol. The molecule has 0 aliphatic carbocycles. The molecule has 0 radical (unpaired) electrons. The van der Waals surface area contributed by atoms with Crippen molar-refractivity contribution in [2.75, 3.05) is 27.3 Å². The van der Waals surface area contributed by atoms with Crippen LogP contribution in [0, 0.1) is 5.92 Å². The first-order valence-electron chi connectivity index (χ1n) is 10.0. The number of methoxy groups -OCH3 is 2. The minimum Gasteiger partial charge on any atom is -0.493 e. The number of carbonyl (C=O) groups is 1. The fraction of sp³-hybridized carbons (Fsp3) is 0.409. The molecule has 1 fully saturated rings. The van der Waals surface area contributed by atoms with Gasteiger partial charge in [-0.15, -0.1) is 0 Å². The number of amides is 1. The smallest absolute Gasteiger partial charge is 0.243 e. The summed E-state index contributed by atoms with van der Waals surface area (Å²) in [7, 11) is -0.822. The van der Waals surface area contributed by atoms with Gasteiger partial charge in [0.2, 0.25) is 15.9 Å². The Bertz CT molecular complexity index is 1030. The molecular formula is C22H27ClN2O5S. The molecule has 0 bridgehead atoms. The van der Waals surface area contributed by atoms with E-state index in [1.807, 2.05) is 19.1 Å². The first-order valence-corrected chi connectivity index (χ1v) is 11.9. The molecule has 1 aliphatic rings. The Labute approximate surface area is 188 Å². The Morgan fingerprint density at radius 3 is 2.45 bits per heavy atom. The summed E-state index contributed by atoms with van der Waals surface area (Å²) < 4.78 is 38.2. The van der Waals surface area contributed by atoms with Gasteiger partial charge in [-0.3, -0.25) is 4.79 Å². The van der Waals surface area contributed by atoms with Crippen LogP contribution in [0.3, 0.4) is 0 Å². The van der Waals surface area contributed by atoms with E-state index in [2.05, 4.69) is 5.32 Å². The van der Waals surface area contributed by atoms with Crippen LogP contribution >= 0.6 is 11.6 Å². The van der Waals surface area contributed by atoms with E-state index in [4.69, 9.17) is 21.1 Å². The van der Waals surface area contributed by atoms with Gasteiger partial charge in [0.25, 0.3) is 0 Å². The Hall–Kier alpha value is -2.29. The average molecular weight is 467 g/mol. The zero-order chi connectivity index (χ0) is 22.6. The van der Waals surface area contributed by atoms with E-state index in [1.54, 1.807) is 18.2 Å². The minimum absolute atomic E-state index is 0.112. The van der Waals surface area contributed by atoms with Crippen molar-refractivity contribution in [1.82, 2.24) is 9.62 Å². The van der Waals surface area contributed by atoms with Crippen LogP contribution in [-0.4, -0.2) is 45.9 Å². The lowest BCUT2D eigenvalue weighted by molar-refractivity contribution is -0.126. The third kappa shape index (κ3) is 5.31. The van der Waals surface area contributed by atoms with Crippen molar-refractivity contribution in [2.45, 2.75) is 30.7 Å². The average Bonchev–Trinajstić information content (AvgIpc) is 2.78. The summed E-state index contributed by atoms with van der Waals surface area (Å²) in [6, 6.07) is 11.6. The summed E-state index contributed by atoms with van der Waals surface area (Å²) in [5.41, 5.74) is 0.934. The first kappa shape index (κ1) is 23.4. The van der Waals surface area contributed by atoms with Crippen LogP contribution in [0.5, 0.6) is 11.5 Å². The number of hydrogen-bond donors (Lipinski definition) is 1. The SMILES string of the molecule is COc1ccc(S(=O)(=O)N2CCC[C@H](C(=O)N[C@@H](C)c3ccc(Cl)cc3)C2)cc1OC. The lowest BCUT2D eigenvalue weighted by atomic mass is 9.98. The number of carbonyl (C=O) groups excluding carboxylic acids is 1. The summed E-state index contributed by atoms with van der Waals surface area (Å²) >= 11 is 5.92. The normalized spacial score (nSPS) is 18.3. The molecule has 2 atom stereocenters. The van der Waals surface area contributed by atoms with Crippen LogP contribution in [0.25, 0.3) is 0 Å². The second-order valence-electron chi connectivity index (χ2n) is 7.50. The van der Waals surface area contributed by atoms with Crippen LogP contribution in [0.1, 0.15) is 31.4 Å². The van der Waals surface area contributed by atoms with Crippen molar-refractivity contribution < 1.29 is 22.7 Å². The lowest BCUT2D eigenvalue weighted by Gasteiger charge is -2.32. The van der Waals surface area contributed by atoms with E-state index < -0.39 is 15.9 Å². The van der Waals surface area contributed by atoms with Crippen molar-refractivity contribution >= 4 is 27.5 Å². The number of rotatable bonds is 7. The molecule has 0 spiro atoms. The maximum atomic E-state index is 13.2. The minimum atomic E-state index is -3.77. The summed E-state index contributed by atoms with van der Waals surface area (Å²) in [6.07, 6.45) is 1.25. The topological polar surface area (TPSA) is 84.9 Å². The first-order chi connectivity index (χ1) is 14.8. The van der Waals surface area contributed by atoms with E-state index in [-0.39, 0.29) is 23.4 Å². The van der Waals surface area contributed by atoms with E-state index in [1.165, 1.54) is 30.7 Å². The van der Waals surface area contributed by atoms with Crippen molar-refractivity contribution in [3.05, 3.63) is 53.1 Å². The third-order valence-corrected chi connectivity index (χ3v) is 7.59. The maximum Gasteiger partial charge on any atom is 0.243 e. The highest BCUT2D eigenvalue weighted by Gasteiger charge is 2.34. The number of ether oxygens (including phenoxy) is 2. The van der Waals surface area contributed by atoms with E-state index in [9.17, 15) is 13.2 Å². The standard InChI is InChI=1S/C22H27ClN2O5S/c1-15(16-6-8-18(23)9-7-16)24-22(26)17-5-4-12-25(14-17)31(27,28)19-10-11-20(29-2)21(13-19)30-3/h6-11,13,15,17H,4-5,12,14H2,1-3H3,(H,24,26)/t15-,17-/m0/s1. The molecule has 0 unspecified atom stereocenters. The highest BCUT2D eigenvalue weighted by Crippen LogP contribution is 2.32. The lowest BCUT2D eigenvalue weighted by Crippen LogP contribution is -2.45. The van der Waals surface area contributed by atoms with Crippen molar-refractivity contribution in [3.63, 3.8) is 0 Å². The molecule has 1 N–H and O–H groups in total. The number of hydrogen-bond acceptors (Lipinski definition) is 5. The van der Waals surface area contributed by atoms with Gasteiger partial charge in [-0.2, -0.15) is 4.31 Å². The van der Waals surface area contributed by atoms with Crippen LogP contribution in [0.4, 0.5) is 0 Å². The molecule has 9 heteroatoms. The molecular weight excluding hydrogens is 440 g/mol. The molecule has 1 saturated heterocycles. The van der Waals surface area contributed by atoms with Gasteiger partial charge in [0, 0.05) is 24.2 Å². The molecule has 7 nitrogen and oxygen atoms in total. The van der Waals surface area contributed by atoms with Gasteiger partial charge >= 0.3 is 0 Å². The quantitative estimate of drug-likeness (QED) is 0.673. The summed E-state index contributed by atoms with van der Waals surface area (Å²) in [5.74, 6) is 0.216. The molecule has 3 rings (SSSR count). The summed E-state index contributed by atoms with van der Waals surface area (Å²) in [6.45, 7) is 2.39. The van der Waals surface area contributed by atoms with Gasteiger partial charge in [0.05, 0.1) is 31.1 Å². The van der Waals surface area contributed by atoms with Crippen molar-refractivity contribution in [3.8, 4) is 11.5 Å². The highest BCUT2D eigenvalue weighted by atomic mass is 35.5. The molecule has 2 aromatic carbocycles. The molecule has 2 aromatic rings. The Balaban J connectivity index is 1.71. The number of piperidine rings is 1. The number of nitrogens with zero attached hydrogens (tertiary/aromatic N) is 1. The third-order valence-electron chi connectivity index (χ3n) is 5.48. The maximum absolute atomic E-state index is 13.2. The molecule has 0 aromatic heterocycles. The molecule has 31 heavy (non-hydrogen) atoms. The number of sulfonamides is 1. The van der Waals surface area contributed by atoms with Crippen molar-refractivity contribution in [2.24, 2.45) is 5.92 Å². The van der Waals surface area contributed by atoms with Gasteiger partial charge in [0.1, 0.15) is 0 Å². The summed E-state index contributed by atoms with van der Waals surface area (Å²) in [4.78, 5) is 13.0. The highest BCUT2D eigenvalue weighted by molar-refractivity contribution is 7.89. The molecule has 1 heterocycles. The van der Waals surface area contributed by atoms with E-state index in [0.717, 1.165) is 5.56 Å². The number of benzene rings is 2. The van der Waals surface area contributed by atoms with Gasteiger partial charge in [-0.25, -0.2) is 8.42 Å². The Kier molecular flexibility index (Phi) is 7.46. The Morgan fingerprint density at radius 1 is 1.13 bits per heavy atom. The number of nitrogens with one attached hydrogen (secondary N) is 1. The summed E-state index contributed by atoms with van der Waals surface area (Å²) in [5, 5.41) is 3.62. The second-order valence-corrected chi connectivity index (χ2v) is 9.88. The van der Waals surface area contributed by atoms with Crippen LogP contribution in [0.15, 0.2) is 47.4 Å². The van der Waals surface area contributed by atoms with Crippen molar-refractivity contribution in [1.29, 1.82) is 0 Å². The van der Waals surface area contributed by atoms with Crippen LogP contribution < -0.4 is 14.8 Å². The fourth-order valence-corrected chi connectivity index (χ4v) is 5.33. The van der Waals surface area contributed by atoms with Gasteiger partial charge < -0.3 is 14.8 Å². The predicted molar refractivity (Wildman–Crippen MR) is 119 cm³/mol. The fourth-order valence-electron chi connectivity index (χ4n) is 3.67. The van der Waals surface area contributed by atoms with Crippen LogP contribution in [-0.2, 0) is 14.8 Å². The van der Waals surface area contributed by atoms with Gasteiger partial charge in [-0.1, -0.05) is 23.7 Å². The number of halogens is 1. The predicted octanol–water partition coefficient (Wildman–Crippen LogP) is 3.64. The zero-order valence-electron chi connectivity index (χ0n) is 17.8. The van der Waals surface area contributed by atoms with Gasteiger partial charge in [-0.05, 0) is 49.6 Å². The largest absolute Gasteiger partial charge is 0.493 e. The zero-order valence-corrected chi connectivity index (χ0v) is 19.4. The van der Waals surface area contributed by atoms with E-state index in [0.29, 0.717) is 35.9 Å². The van der Waals surface area contributed by atoms with Crippen LogP contribution in [0.2, 0.25) is 5.02 Å².